The van der Waals surface area contributed by atoms with E-state index in [4.69, 9.17) is 15.5 Å². The zero-order valence-corrected chi connectivity index (χ0v) is 22.9. The Morgan fingerprint density at radius 2 is 1.79 bits per heavy atom. The molecule has 0 spiro atoms. The van der Waals surface area contributed by atoms with Crippen LogP contribution in [0.4, 0.5) is 5.82 Å². The first-order chi connectivity index (χ1) is 19.2. The molecule has 2 fully saturated rings. The molecule has 1 saturated carbocycles. The lowest BCUT2D eigenvalue weighted by atomic mass is 9.81. The average molecular weight is 525 g/mol. The van der Waals surface area contributed by atoms with E-state index in [1.807, 2.05) is 36.5 Å². The van der Waals surface area contributed by atoms with Crippen molar-refractivity contribution in [2.45, 2.75) is 57.1 Å². The summed E-state index contributed by atoms with van der Waals surface area (Å²) in [5, 5.41) is 3.49. The van der Waals surface area contributed by atoms with E-state index >= 15 is 0 Å². The molecule has 2 aromatic heterocycles. The van der Waals surface area contributed by atoms with E-state index in [1.165, 1.54) is 32.2 Å². The minimum Gasteiger partial charge on any atom is -0.489 e. The third-order valence-corrected chi connectivity index (χ3v) is 8.66. The van der Waals surface area contributed by atoms with Crippen LogP contribution in [0.15, 0.2) is 67.0 Å². The molecule has 7 nitrogen and oxygen atoms in total. The largest absolute Gasteiger partial charge is 0.489 e. The lowest BCUT2D eigenvalue weighted by molar-refractivity contribution is 0.151. The van der Waals surface area contributed by atoms with Crippen molar-refractivity contribution in [3.8, 4) is 17.0 Å². The van der Waals surface area contributed by atoms with E-state index in [-0.39, 0.29) is 0 Å². The molecule has 0 radical (unpaired) electrons. The van der Waals surface area contributed by atoms with Crippen LogP contribution in [-0.4, -0.2) is 52.0 Å². The first kappa shape index (κ1) is 25.8. The zero-order chi connectivity index (χ0) is 26.6. The van der Waals surface area contributed by atoms with Gasteiger partial charge >= 0.3 is 0 Å². The summed E-state index contributed by atoms with van der Waals surface area (Å²) in [7, 11) is 2.32. The Balaban J connectivity index is 1.19. The van der Waals surface area contributed by atoms with Crippen molar-refractivity contribution in [1.82, 2.24) is 24.6 Å². The second-order valence-corrected chi connectivity index (χ2v) is 11.3. The number of anilines is 1. The van der Waals surface area contributed by atoms with Crippen LogP contribution in [0.5, 0.6) is 5.75 Å². The van der Waals surface area contributed by atoms with Crippen molar-refractivity contribution >= 4 is 11.3 Å². The smallest absolute Gasteiger partial charge is 0.150 e. The fourth-order valence-corrected chi connectivity index (χ4v) is 6.46. The maximum Gasteiger partial charge on any atom is 0.150 e. The summed E-state index contributed by atoms with van der Waals surface area (Å²) >= 11 is 0. The molecule has 4 aromatic rings. The van der Waals surface area contributed by atoms with Gasteiger partial charge in [-0.05, 0) is 82.3 Å². The van der Waals surface area contributed by atoms with Crippen molar-refractivity contribution in [1.29, 1.82) is 0 Å². The van der Waals surface area contributed by atoms with Gasteiger partial charge in [0.25, 0.3) is 0 Å². The van der Waals surface area contributed by atoms with Gasteiger partial charge in [-0.1, -0.05) is 42.5 Å². The van der Waals surface area contributed by atoms with Gasteiger partial charge in [0.15, 0.2) is 0 Å². The Bertz CT molecular complexity index is 1370. The number of rotatable bonds is 8. The van der Waals surface area contributed by atoms with Gasteiger partial charge in [-0.2, -0.15) is 0 Å². The Labute approximate surface area is 231 Å². The van der Waals surface area contributed by atoms with Crippen LogP contribution in [0.2, 0.25) is 0 Å². The second kappa shape index (κ2) is 11.8. The number of nitrogens with zero attached hydrogens (tertiary/aromatic N) is 4. The monoisotopic (exact) mass is 524 g/mol. The minimum atomic E-state index is 0.422. The van der Waals surface area contributed by atoms with E-state index in [2.05, 4.69) is 50.9 Å². The van der Waals surface area contributed by atoms with E-state index in [1.54, 1.807) is 6.20 Å². The highest BCUT2D eigenvalue weighted by molar-refractivity contribution is 5.85. The highest BCUT2D eigenvalue weighted by Crippen LogP contribution is 2.39. The number of fused-ring (bicyclic) bond motifs is 1. The molecule has 0 bridgehead atoms. The number of hydrogen-bond acceptors (Lipinski definition) is 6. The highest BCUT2D eigenvalue weighted by atomic mass is 16.5. The standard InChI is InChI=1S/C32H40N6O/c1-37(27-14-16-34-17-15-27)21-23-10-12-25(13-11-23)32-36-29(30-31(33)35-18-19-38(30)32)26-8-5-9-28(20-26)39-22-24-6-3-2-4-7-24/h2-9,18-20,23,25,27,34H,10-17,21-22H2,1H3,(H2,33,35). The lowest BCUT2D eigenvalue weighted by Gasteiger charge is -2.36. The number of ether oxygens (including phenoxy) is 1. The van der Waals surface area contributed by atoms with Crippen LogP contribution in [0, 0.1) is 5.92 Å². The molecule has 0 amide bonds. The molecule has 0 unspecified atom stereocenters. The SMILES string of the molecule is CN(CC1CCC(c2nc(-c3cccc(OCc4ccccc4)c3)c3c(N)nccn23)CC1)C1CCNCC1. The van der Waals surface area contributed by atoms with Crippen LogP contribution in [0.1, 0.15) is 55.8 Å². The predicted octanol–water partition coefficient (Wildman–Crippen LogP) is 5.52. The number of nitrogen functional groups attached to an aromatic ring is 1. The van der Waals surface area contributed by atoms with Gasteiger partial charge in [0.2, 0.25) is 0 Å². The summed E-state index contributed by atoms with van der Waals surface area (Å²) in [6.07, 6.45) is 11.1. The molecule has 39 heavy (non-hydrogen) atoms. The first-order valence-electron chi connectivity index (χ1n) is 14.5. The number of nitrogens with one attached hydrogen (secondary N) is 1. The lowest BCUT2D eigenvalue weighted by Crippen LogP contribution is -2.43. The molecule has 1 aliphatic heterocycles. The summed E-state index contributed by atoms with van der Waals surface area (Å²) in [5.41, 5.74) is 10.4. The fraction of sp³-hybridized carbons (Fsp3) is 0.438. The Morgan fingerprint density at radius 3 is 2.59 bits per heavy atom. The third kappa shape index (κ3) is 5.80. The van der Waals surface area contributed by atoms with Gasteiger partial charge in [-0.25, -0.2) is 9.97 Å². The molecule has 204 valence electrons. The normalized spacial score (nSPS) is 20.5. The van der Waals surface area contributed by atoms with Gasteiger partial charge < -0.3 is 20.7 Å². The summed E-state index contributed by atoms with van der Waals surface area (Å²) in [5.74, 6) is 3.62. The summed E-state index contributed by atoms with van der Waals surface area (Å²) in [6, 6.07) is 19.1. The molecule has 0 atom stereocenters. The highest BCUT2D eigenvalue weighted by Gasteiger charge is 2.29. The minimum absolute atomic E-state index is 0.422. The Hall–Kier alpha value is -3.42. The second-order valence-electron chi connectivity index (χ2n) is 11.3. The predicted molar refractivity (Wildman–Crippen MR) is 157 cm³/mol. The van der Waals surface area contributed by atoms with Crippen molar-refractivity contribution in [3.05, 3.63) is 78.4 Å². The van der Waals surface area contributed by atoms with Crippen molar-refractivity contribution in [3.63, 3.8) is 0 Å². The van der Waals surface area contributed by atoms with Crippen molar-refractivity contribution < 1.29 is 4.74 Å². The fourth-order valence-electron chi connectivity index (χ4n) is 6.46. The maximum absolute atomic E-state index is 6.44. The zero-order valence-electron chi connectivity index (χ0n) is 22.9. The molecular formula is C32H40N6O. The molecule has 3 heterocycles. The molecule has 3 N–H and O–H groups in total. The van der Waals surface area contributed by atoms with Gasteiger partial charge in [0, 0.05) is 36.5 Å². The van der Waals surface area contributed by atoms with Gasteiger partial charge in [-0.3, -0.25) is 4.40 Å². The summed E-state index contributed by atoms with van der Waals surface area (Å²) < 4.78 is 8.30. The average Bonchev–Trinajstić information content (AvgIpc) is 3.39. The van der Waals surface area contributed by atoms with Crippen LogP contribution < -0.4 is 15.8 Å². The topological polar surface area (TPSA) is 80.7 Å². The number of hydrogen-bond donors (Lipinski definition) is 2. The van der Waals surface area contributed by atoms with Crippen LogP contribution in [-0.2, 0) is 6.61 Å². The van der Waals surface area contributed by atoms with Crippen LogP contribution in [0.25, 0.3) is 16.8 Å². The molecule has 2 aliphatic rings. The number of nitrogens with two attached hydrogens (primary N) is 1. The number of benzene rings is 2. The van der Waals surface area contributed by atoms with E-state index < -0.39 is 0 Å². The molecule has 7 heteroatoms. The van der Waals surface area contributed by atoms with Crippen molar-refractivity contribution in [2.24, 2.45) is 5.92 Å². The van der Waals surface area contributed by atoms with Crippen LogP contribution >= 0.6 is 0 Å². The Kier molecular flexibility index (Phi) is 7.79. The first-order valence-corrected chi connectivity index (χ1v) is 14.5. The van der Waals surface area contributed by atoms with E-state index in [0.717, 1.165) is 71.8 Å². The van der Waals surface area contributed by atoms with Crippen molar-refractivity contribution in [2.75, 3.05) is 32.4 Å². The molecule has 2 aromatic carbocycles. The molecule has 1 aliphatic carbocycles. The van der Waals surface area contributed by atoms with Gasteiger partial charge in [-0.15, -0.1) is 0 Å². The molecular weight excluding hydrogens is 484 g/mol. The summed E-state index contributed by atoms with van der Waals surface area (Å²) in [4.78, 5) is 12.3. The third-order valence-electron chi connectivity index (χ3n) is 8.66. The number of piperidine rings is 1. The van der Waals surface area contributed by atoms with Gasteiger partial charge in [0.1, 0.15) is 35.2 Å². The van der Waals surface area contributed by atoms with E-state index in [0.29, 0.717) is 18.3 Å². The van der Waals surface area contributed by atoms with E-state index in [9.17, 15) is 0 Å². The molecule has 1 saturated heterocycles. The quantitative estimate of drug-likeness (QED) is 0.316. The number of imidazole rings is 1. The van der Waals surface area contributed by atoms with Crippen LogP contribution in [0.3, 0.4) is 0 Å². The molecule has 6 rings (SSSR count). The van der Waals surface area contributed by atoms with Gasteiger partial charge in [0.05, 0.1) is 0 Å². The maximum atomic E-state index is 6.44. The number of aromatic nitrogens is 3. The summed E-state index contributed by atoms with van der Waals surface area (Å²) in [6.45, 7) is 4.03. The Morgan fingerprint density at radius 1 is 1.00 bits per heavy atom.